The van der Waals surface area contributed by atoms with E-state index in [-0.39, 0.29) is 17.3 Å². The molecule has 0 radical (unpaired) electrons. The third kappa shape index (κ3) is 4.79. The molecule has 1 unspecified atom stereocenters. The second-order valence-corrected chi connectivity index (χ2v) is 6.25. The molecule has 27 heavy (non-hydrogen) atoms. The van der Waals surface area contributed by atoms with Crippen LogP contribution in [0, 0.1) is 0 Å². The Morgan fingerprint density at radius 1 is 1.33 bits per heavy atom. The number of benzene rings is 1. The maximum Gasteiger partial charge on any atom is 0.438 e. The van der Waals surface area contributed by atoms with Gasteiger partial charge in [-0.05, 0) is 18.4 Å². The fourth-order valence-electron chi connectivity index (χ4n) is 2.64. The summed E-state index contributed by atoms with van der Waals surface area (Å²) in [6.07, 6.45) is -2.93. The predicted molar refractivity (Wildman–Crippen MR) is 91.8 cm³/mol. The number of unbranched alkanes of at least 4 members (excludes halogenated alkanes) is 1. The van der Waals surface area contributed by atoms with Crippen LogP contribution >= 0.6 is 0 Å². The highest BCUT2D eigenvalue weighted by Crippen LogP contribution is 2.41. The monoisotopic (exact) mass is 385 g/mol. The van der Waals surface area contributed by atoms with Crippen molar-refractivity contribution in [2.75, 3.05) is 6.54 Å². The van der Waals surface area contributed by atoms with Gasteiger partial charge in [0.25, 0.3) is 5.72 Å². The maximum absolute atomic E-state index is 13.3. The Morgan fingerprint density at radius 2 is 2.00 bits per heavy atom. The Balaban J connectivity index is 2.05. The van der Waals surface area contributed by atoms with Crippen molar-refractivity contribution in [1.29, 1.82) is 0 Å². The van der Waals surface area contributed by atoms with E-state index in [9.17, 15) is 27.9 Å². The smallest absolute Gasteiger partial charge is 0.362 e. The quantitative estimate of drug-likeness (QED) is 0.678. The zero-order valence-electron chi connectivity index (χ0n) is 14.8. The first kappa shape index (κ1) is 20.8. The van der Waals surface area contributed by atoms with Crippen molar-refractivity contribution in [2.24, 2.45) is 0 Å². The number of amides is 2. The van der Waals surface area contributed by atoms with Crippen LogP contribution < -0.4 is 10.7 Å². The lowest BCUT2D eigenvalue weighted by atomic mass is 10.1. The van der Waals surface area contributed by atoms with Crippen molar-refractivity contribution in [3.63, 3.8) is 0 Å². The standard InChI is InChI=1S/C18H22F3N3O3/c1-2-3-9-14-12-17(27,18(19,20)21)24(23-14)16(26)15(25)22-11-10-13-7-5-4-6-8-13/h4-9,23,27H,2-3,10-12H2,1H3,(H,22,25). The summed E-state index contributed by atoms with van der Waals surface area (Å²) in [7, 11) is 0. The summed E-state index contributed by atoms with van der Waals surface area (Å²) in [6, 6.07) is 9.09. The minimum absolute atomic E-state index is 0.0354. The first-order chi connectivity index (χ1) is 12.7. The van der Waals surface area contributed by atoms with Gasteiger partial charge in [0.05, 0.1) is 0 Å². The summed E-state index contributed by atoms with van der Waals surface area (Å²) < 4.78 is 40.0. The van der Waals surface area contributed by atoms with E-state index in [4.69, 9.17) is 0 Å². The van der Waals surface area contributed by atoms with Gasteiger partial charge in [-0.25, -0.2) is 5.01 Å². The van der Waals surface area contributed by atoms with Crippen molar-refractivity contribution in [1.82, 2.24) is 15.8 Å². The van der Waals surface area contributed by atoms with E-state index in [0.717, 1.165) is 5.56 Å². The van der Waals surface area contributed by atoms with E-state index < -0.39 is 30.1 Å². The molecule has 1 saturated heterocycles. The fraction of sp³-hybridized carbons (Fsp3) is 0.444. The van der Waals surface area contributed by atoms with Gasteiger partial charge in [-0.2, -0.15) is 13.2 Å². The molecule has 6 nitrogen and oxygen atoms in total. The number of hydrogen-bond acceptors (Lipinski definition) is 4. The number of rotatable bonds is 5. The number of nitrogens with zero attached hydrogens (tertiary/aromatic N) is 1. The first-order valence-electron chi connectivity index (χ1n) is 8.60. The molecule has 0 spiro atoms. The second-order valence-electron chi connectivity index (χ2n) is 6.25. The normalized spacial score (nSPS) is 21.2. The highest BCUT2D eigenvalue weighted by Gasteiger charge is 2.64. The fourth-order valence-corrected chi connectivity index (χ4v) is 2.64. The van der Waals surface area contributed by atoms with Gasteiger partial charge in [0.1, 0.15) is 0 Å². The van der Waals surface area contributed by atoms with Crippen molar-refractivity contribution < 1.29 is 27.9 Å². The molecular formula is C18H22F3N3O3. The van der Waals surface area contributed by atoms with Crippen LogP contribution in [-0.4, -0.2) is 40.4 Å². The van der Waals surface area contributed by atoms with Gasteiger partial charge in [0.2, 0.25) is 0 Å². The lowest BCUT2D eigenvalue weighted by Gasteiger charge is -2.32. The van der Waals surface area contributed by atoms with Crippen LogP contribution in [0.5, 0.6) is 0 Å². The Bertz CT molecular complexity index is 707. The summed E-state index contributed by atoms with van der Waals surface area (Å²) in [5, 5.41) is 12.3. The molecule has 1 heterocycles. The number of hydrazine groups is 1. The van der Waals surface area contributed by atoms with Gasteiger partial charge in [-0.3, -0.25) is 15.0 Å². The predicted octanol–water partition coefficient (Wildman–Crippen LogP) is 2.02. The van der Waals surface area contributed by atoms with Crippen LogP contribution in [0.2, 0.25) is 0 Å². The molecule has 148 valence electrons. The number of alkyl halides is 3. The lowest BCUT2D eigenvalue weighted by Crippen LogP contribution is -2.62. The molecule has 2 rings (SSSR count). The lowest BCUT2D eigenvalue weighted by molar-refractivity contribution is -0.303. The highest BCUT2D eigenvalue weighted by molar-refractivity contribution is 6.35. The second kappa shape index (κ2) is 8.43. The van der Waals surface area contributed by atoms with Crippen molar-refractivity contribution >= 4 is 11.8 Å². The van der Waals surface area contributed by atoms with Crippen molar-refractivity contribution in [2.45, 2.75) is 44.5 Å². The molecule has 1 aliphatic rings. The third-order valence-corrected chi connectivity index (χ3v) is 4.14. The Morgan fingerprint density at radius 3 is 2.59 bits per heavy atom. The Kier molecular flexibility index (Phi) is 6.48. The first-order valence-corrected chi connectivity index (χ1v) is 8.60. The molecule has 0 bridgehead atoms. The summed E-state index contributed by atoms with van der Waals surface area (Å²) in [6.45, 7) is 1.91. The topological polar surface area (TPSA) is 81.7 Å². The van der Waals surface area contributed by atoms with Crippen LogP contribution in [0.3, 0.4) is 0 Å². The highest BCUT2D eigenvalue weighted by atomic mass is 19.4. The Labute approximate surface area is 155 Å². The molecule has 1 aromatic carbocycles. The molecule has 1 aromatic rings. The summed E-state index contributed by atoms with van der Waals surface area (Å²) in [4.78, 5) is 24.2. The van der Waals surface area contributed by atoms with Crippen LogP contribution in [0.15, 0.2) is 42.1 Å². The number of aliphatic hydroxyl groups is 1. The van der Waals surface area contributed by atoms with Gasteiger partial charge < -0.3 is 10.4 Å². The molecule has 2 amide bonds. The zero-order valence-corrected chi connectivity index (χ0v) is 14.8. The van der Waals surface area contributed by atoms with Gasteiger partial charge in [-0.15, -0.1) is 0 Å². The van der Waals surface area contributed by atoms with Crippen molar-refractivity contribution in [3.8, 4) is 0 Å². The molecule has 0 saturated carbocycles. The molecule has 9 heteroatoms. The summed E-state index contributed by atoms with van der Waals surface area (Å²) >= 11 is 0. The SMILES string of the molecule is CCCC=C1CC(O)(C(F)(F)F)N(C(=O)C(=O)NCCc2ccccc2)N1. The molecule has 1 fully saturated rings. The Hall–Kier alpha value is -2.55. The molecule has 1 aliphatic heterocycles. The van der Waals surface area contributed by atoms with E-state index in [1.165, 1.54) is 6.08 Å². The molecule has 0 aliphatic carbocycles. The van der Waals surface area contributed by atoms with Crippen LogP contribution in [-0.2, 0) is 16.0 Å². The van der Waals surface area contributed by atoms with E-state index in [1.54, 1.807) is 0 Å². The van der Waals surface area contributed by atoms with Crippen LogP contribution in [0.4, 0.5) is 13.2 Å². The van der Waals surface area contributed by atoms with E-state index in [0.29, 0.717) is 19.3 Å². The maximum atomic E-state index is 13.3. The minimum Gasteiger partial charge on any atom is -0.362 e. The van der Waals surface area contributed by atoms with E-state index in [1.807, 2.05) is 37.3 Å². The number of carbonyl (C=O) groups is 2. The van der Waals surface area contributed by atoms with Gasteiger partial charge in [0, 0.05) is 18.7 Å². The zero-order chi connectivity index (χ0) is 20.1. The average molecular weight is 385 g/mol. The molecule has 0 aromatic heterocycles. The molecule has 1 atom stereocenters. The number of hydrogen-bond donors (Lipinski definition) is 3. The minimum atomic E-state index is -5.12. The number of allylic oxidation sites excluding steroid dienone is 1. The van der Waals surface area contributed by atoms with Crippen LogP contribution in [0.25, 0.3) is 0 Å². The number of carbonyl (C=O) groups excluding carboxylic acids is 2. The van der Waals surface area contributed by atoms with E-state index >= 15 is 0 Å². The van der Waals surface area contributed by atoms with Crippen LogP contribution in [0.1, 0.15) is 31.7 Å². The third-order valence-electron chi connectivity index (χ3n) is 4.14. The molecule has 3 N–H and O–H groups in total. The summed E-state index contributed by atoms with van der Waals surface area (Å²) in [5.74, 6) is -2.72. The van der Waals surface area contributed by atoms with E-state index in [2.05, 4.69) is 10.7 Å². The molecular weight excluding hydrogens is 363 g/mol. The number of nitrogens with one attached hydrogen (secondary N) is 2. The van der Waals surface area contributed by atoms with Gasteiger partial charge in [-0.1, -0.05) is 49.8 Å². The van der Waals surface area contributed by atoms with Gasteiger partial charge in [0.15, 0.2) is 0 Å². The summed E-state index contributed by atoms with van der Waals surface area (Å²) in [5.41, 5.74) is -0.299. The van der Waals surface area contributed by atoms with Gasteiger partial charge >= 0.3 is 18.0 Å². The average Bonchev–Trinajstić information content (AvgIpc) is 2.98. The van der Waals surface area contributed by atoms with Crippen molar-refractivity contribution in [3.05, 3.63) is 47.7 Å². The largest absolute Gasteiger partial charge is 0.438 e. The number of halogens is 3.